The number of pyridine rings is 1. The average molecular weight is 247 g/mol. The standard InChI is InChI=1S/C13H11ClN2O/c14-12-3-1-10(2-4-12)8-16-13-7-11(9-17)5-6-15-13/h1-7,9H,8H2,(H,15,16). The lowest BCUT2D eigenvalue weighted by atomic mass is 10.2. The molecule has 0 amide bonds. The van der Waals surface area contributed by atoms with Gasteiger partial charge >= 0.3 is 0 Å². The monoisotopic (exact) mass is 246 g/mol. The number of anilines is 1. The lowest BCUT2D eigenvalue weighted by Gasteiger charge is -2.05. The first kappa shape index (κ1) is 11.6. The van der Waals surface area contributed by atoms with Gasteiger partial charge < -0.3 is 5.32 Å². The summed E-state index contributed by atoms with van der Waals surface area (Å²) in [6.07, 6.45) is 2.41. The maximum absolute atomic E-state index is 10.6. The maximum atomic E-state index is 10.6. The normalized spacial score (nSPS) is 9.94. The predicted molar refractivity (Wildman–Crippen MR) is 68.4 cm³/mol. The Morgan fingerprint density at radius 2 is 2.00 bits per heavy atom. The highest BCUT2D eigenvalue weighted by Crippen LogP contribution is 2.11. The molecule has 1 N–H and O–H groups in total. The number of rotatable bonds is 4. The van der Waals surface area contributed by atoms with E-state index < -0.39 is 0 Å². The molecule has 0 unspecified atom stereocenters. The van der Waals surface area contributed by atoms with E-state index in [0.29, 0.717) is 17.9 Å². The number of aromatic nitrogens is 1. The van der Waals surface area contributed by atoms with Gasteiger partial charge in [0.2, 0.25) is 0 Å². The highest BCUT2D eigenvalue weighted by atomic mass is 35.5. The molecule has 0 saturated carbocycles. The molecule has 0 spiro atoms. The molecule has 17 heavy (non-hydrogen) atoms. The third-order valence-electron chi connectivity index (χ3n) is 2.31. The minimum atomic E-state index is 0.610. The Balaban J connectivity index is 2.01. The zero-order valence-electron chi connectivity index (χ0n) is 9.06. The van der Waals surface area contributed by atoms with Crippen molar-refractivity contribution in [3.05, 3.63) is 58.7 Å². The molecule has 0 aliphatic carbocycles. The van der Waals surface area contributed by atoms with Gasteiger partial charge in [-0.2, -0.15) is 0 Å². The zero-order valence-corrected chi connectivity index (χ0v) is 9.82. The fourth-order valence-corrected chi connectivity index (χ4v) is 1.54. The Labute approximate surface area is 104 Å². The number of benzene rings is 1. The van der Waals surface area contributed by atoms with E-state index in [4.69, 9.17) is 11.6 Å². The van der Waals surface area contributed by atoms with Crippen LogP contribution >= 0.6 is 11.6 Å². The van der Waals surface area contributed by atoms with Crippen molar-refractivity contribution >= 4 is 23.7 Å². The van der Waals surface area contributed by atoms with E-state index in [2.05, 4.69) is 10.3 Å². The Bertz CT molecular complexity index is 511. The predicted octanol–water partition coefficient (Wildman–Crippen LogP) is 3.16. The fourth-order valence-electron chi connectivity index (χ4n) is 1.41. The molecule has 0 saturated heterocycles. The lowest BCUT2D eigenvalue weighted by molar-refractivity contribution is 0.112. The number of aldehydes is 1. The molecule has 0 bridgehead atoms. The highest BCUT2D eigenvalue weighted by Gasteiger charge is 1.97. The summed E-state index contributed by atoms with van der Waals surface area (Å²) in [5.41, 5.74) is 1.71. The van der Waals surface area contributed by atoms with E-state index in [1.54, 1.807) is 18.3 Å². The van der Waals surface area contributed by atoms with E-state index in [0.717, 1.165) is 16.9 Å². The van der Waals surface area contributed by atoms with Crippen LogP contribution in [0.3, 0.4) is 0 Å². The van der Waals surface area contributed by atoms with Crippen molar-refractivity contribution in [1.29, 1.82) is 0 Å². The van der Waals surface area contributed by atoms with Gasteiger partial charge in [-0.15, -0.1) is 0 Å². The van der Waals surface area contributed by atoms with Crippen molar-refractivity contribution in [2.24, 2.45) is 0 Å². The number of carbonyl (C=O) groups excluding carboxylic acids is 1. The van der Waals surface area contributed by atoms with Crippen LogP contribution in [0.15, 0.2) is 42.6 Å². The molecule has 2 rings (SSSR count). The van der Waals surface area contributed by atoms with E-state index in [9.17, 15) is 4.79 Å². The third kappa shape index (κ3) is 3.29. The van der Waals surface area contributed by atoms with Gasteiger partial charge in [0.05, 0.1) is 0 Å². The van der Waals surface area contributed by atoms with Crippen molar-refractivity contribution in [3.63, 3.8) is 0 Å². The summed E-state index contributed by atoms with van der Waals surface area (Å²) >= 11 is 5.80. The van der Waals surface area contributed by atoms with Gasteiger partial charge in [-0.25, -0.2) is 4.98 Å². The summed E-state index contributed by atoms with van der Waals surface area (Å²) in [6.45, 7) is 0.645. The molecule has 2 aromatic rings. The Kier molecular flexibility index (Phi) is 3.73. The number of hydrogen-bond acceptors (Lipinski definition) is 3. The largest absolute Gasteiger partial charge is 0.366 e. The fraction of sp³-hybridized carbons (Fsp3) is 0.0769. The van der Waals surface area contributed by atoms with Crippen LogP contribution in [-0.4, -0.2) is 11.3 Å². The van der Waals surface area contributed by atoms with Crippen LogP contribution in [0.25, 0.3) is 0 Å². The van der Waals surface area contributed by atoms with Gasteiger partial charge in [0.25, 0.3) is 0 Å². The van der Waals surface area contributed by atoms with Gasteiger partial charge in [0, 0.05) is 23.3 Å². The molecule has 0 aliphatic heterocycles. The van der Waals surface area contributed by atoms with Crippen LogP contribution in [-0.2, 0) is 6.54 Å². The number of hydrogen-bond donors (Lipinski definition) is 1. The number of nitrogens with one attached hydrogen (secondary N) is 1. The van der Waals surface area contributed by atoms with Crippen LogP contribution in [0, 0.1) is 0 Å². The van der Waals surface area contributed by atoms with Gasteiger partial charge in [-0.3, -0.25) is 4.79 Å². The van der Waals surface area contributed by atoms with Crippen molar-refractivity contribution in [2.75, 3.05) is 5.32 Å². The average Bonchev–Trinajstić information content (AvgIpc) is 2.38. The first-order chi connectivity index (χ1) is 8.28. The highest BCUT2D eigenvalue weighted by molar-refractivity contribution is 6.30. The van der Waals surface area contributed by atoms with Crippen LogP contribution in [0.4, 0.5) is 5.82 Å². The third-order valence-corrected chi connectivity index (χ3v) is 2.56. The van der Waals surface area contributed by atoms with Crippen LogP contribution in [0.2, 0.25) is 5.02 Å². The summed E-state index contributed by atoms with van der Waals surface area (Å²) in [6, 6.07) is 10.9. The van der Waals surface area contributed by atoms with Gasteiger partial charge in [0.15, 0.2) is 0 Å². The molecule has 0 radical (unpaired) electrons. The Morgan fingerprint density at radius 3 is 2.71 bits per heavy atom. The Hall–Kier alpha value is -1.87. The van der Waals surface area contributed by atoms with Crippen LogP contribution in [0.5, 0.6) is 0 Å². The molecule has 86 valence electrons. The van der Waals surface area contributed by atoms with Crippen molar-refractivity contribution in [1.82, 2.24) is 4.98 Å². The molecule has 0 fully saturated rings. The minimum Gasteiger partial charge on any atom is -0.366 e. The first-order valence-corrected chi connectivity index (χ1v) is 5.55. The second-order valence-corrected chi connectivity index (χ2v) is 4.01. The molecule has 0 aliphatic rings. The van der Waals surface area contributed by atoms with Crippen molar-refractivity contribution < 1.29 is 4.79 Å². The first-order valence-electron chi connectivity index (χ1n) is 5.17. The molecule has 1 heterocycles. The van der Waals surface area contributed by atoms with Crippen LogP contribution in [0.1, 0.15) is 15.9 Å². The van der Waals surface area contributed by atoms with E-state index in [1.165, 1.54) is 0 Å². The lowest BCUT2D eigenvalue weighted by Crippen LogP contribution is -2.01. The van der Waals surface area contributed by atoms with Gasteiger partial charge in [0.1, 0.15) is 12.1 Å². The summed E-state index contributed by atoms with van der Waals surface area (Å²) in [5.74, 6) is 0.685. The van der Waals surface area contributed by atoms with Crippen molar-refractivity contribution in [2.45, 2.75) is 6.54 Å². The van der Waals surface area contributed by atoms with Gasteiger partial charge in [-0.05, 0) is 29.8 Å². The molecule has 1 aromatic heterocycles. The van der Waals surface area contributed by atoms with Crippen molar-refractivity contribution in [3.8, 4) is 0 Å². The summed E-state index contributed by atoms with van der Waals surface area (Å²) in [5, 5.41) is 3.86. The zero-order chi connectivity index (χ0) is 12.1. The molecular weight excluding hydrogens is 236 g/mol. The molecular formula is C13H11ClN2O. The number of halogens is 1. The second-order valence-electron chi connectivity index (χ2n) is 3.57. The van der Waals surface area contributed by atoms with Crippen LogP contribution < -0.4 is 5.32 Å². The molecule has 0 atom stereocenters. The molecule has 1 aromatic carbocycles. The maximum Gasteiger partial charge on any atom is 0.150 e. The topological polar surface area (TPSA) is 42.0 Å². The number of carbonyl (C=O) groups is 1. The summed E-state index contributed by atoms with van der Waals surface area (Å²) < 4.78 is 0. The smallest absolute Gasteiger partial charge is 0.150 e. The molecule has 4 heteroatoms. The Morgan fingerprint density at radius 1 is 1.24 bits per heavy atom. The van der Waals surface area contributed by atoms with E-state index in [-0.39, 0.29) is 0 Å². The summed E-state index contributed by atoms with van der Waals surface area (Å²) in [7, 11) is 0. The van der Waals surface area contributed by atoms with E-state index >= 15 is 0 Å². The minimum absolute atomic E-state index is 0.610. The number of nitrogens with zero attached hydrogens (tertiary/aromatic N) is 1. The second kappa shape index (κ2) is 5.46. The summed E-state index contributed by atoms with van der Waals surface area (Å²) in [4.78, 5) is 14.7. The molecule has 3 nitrogen and oxygen atoms in total. The SMILES string of the molecule is O=Cc1ccnc(NCc2ccc(Cl)cc2)c1. The van der Waals surface area contributed by atoms with E-state index in [1.807, 2.05) is 24.3 Å². The quantitative estimate of drug-likeness (QED) is 0.843. The van der Waals surface area contributed by atoms with Gasteiger partial charge in [-0.1, -0.05) is 23.7 Å².